The van der Waals surface area contributed by atoms with Gasteiger partial charge in [-0.15, -0.1) is 0 Å². The smallest absolute Gasteiger partial charge is 0.324 e. The summed E-state index contributed by atoms with van der Waals surface area (Å²) in [7, 11) is 0. The number of carbonyl (C=O) groups is 2. The molecule has 0 unspecified atom stereocenters. The molecule has 0 radical (unpaired) electrons. The Hall–Kier alpha value is -1.79. The van der Waals surface area contributed by atoms with Crippen molar-refractivity contribution >= 4 is 69.7 Å². The number of halogens is 4. The van der Waals surface area contributed by atoms with Gasteiger partial charge in [0.1, 0.15) is 5.71 Å². The number of rotatable bonds is 2. The van der Waals surface area contributed by atoms with Crippen molar-refractivity contribution in [2.45, 2.75) is 13.8 Å². The lowest BCUT2D eigenvalue weighted by Gasteiger charge is -2.14. The first kappa shape index (κ1) is 19.0. The molecule has 0 heterocycles. The number of anilines is 1. The van der Waals surface area contributed by atoms with Gasteiger partial charge in [0.15, 0.2) is 0 Å². The Morgan fingerprint density at radius 2 is 1.65 bits per heavy atom. The summed E-state index contributed by atoms with van der Waals surface area (Å²) in [5, 5.41) is 7.33. The molecule has 0 fully saturated rings. The van der Waals surface area contributed by atoms with Gasteiger partial charge in [0.05, 0.1) is 20.8 Å². The summed E-state index contributed by atoms with van der Waals surface area (Å²) in [5.41, 5.74) is 2.59. The van der Waals surface area contributed by atoms with Crippen molar-refractivity contribution in [1.29, 1.82) is 0 Å². The molecule has 3 rings (SSSR count). The van der Waals surface area contributed by atoms with Crippen LogP contribution >= 0.6 is 46.4 Å². The molecule has 2 aromatic rings. The van der Waals surface area contributed by atoms with E-state index in [0.29, 0.717) is 27.3 Å². The quantitative estimate of drug-likeness (QED) is 0.328. The number of carbonyl (C=O) groups excluding carboxylic acids is 2. The second kappa shape index (κ2) is 7.08. The highest BCUT2D eigenvalue weighted by Crippen LogP contribution is 2.51. The largest absolute Gasteiger partial charge is 0.332 e. The molecule has 0 bridgehead atoms. The van der Waals surface area contributed by atoms with Gasteiger partial charge in [-0.1, -0.05) is 57.6 Å². The lowest BCUT2D eigenvalue weighted by molar-refractivity contribution is -0.140. The van der Waals surface area contributed by atoms with Gasteiger partial charge in [-0.2, -0.15) is 0 Å². The van der Waals surface area contributed by atoms with Crippen LogP contribution in [0.4, 0.5) is 5.69 Å². The molecule has 5 nitrogen and oxygen atoms in total. The average Bonchev–Trinajstić information content (AvgIpc) is 2.88. The second-order valence-electron chi connectivity index (χ2n) is 5.46. The summed E-state index contributed by atoms with van der Waals surface area (Å²) in [4.78, 5) is 27.5. The Labute approximate surface area is 168 Å². The molecular weight excluding hydrogens is 422 g/mol. The van der Waals surface area contributed by atoms with Gasteiger partial charge in [-0.3, -0.25) is 4.79 Å². The van der Waals surface area contributed by atoms with E-state index in [2.05, 4.69) is 10.5 Å². The summed E-state index contributed by atoms with van der Waals surface area (Å²) < 4.78 is 0. The fraction of sp³-hybridized carbons (Fsp3) is 0.118. The fourth-order valence-corrected chi connectivity index (χ4v) is 3.76. The van der Waals surface area contributed by atoms with Crippen molar-refractivity contribution in [2.24, 2.45) is 5.16 Å². The number of hydrogen-bond donors (Lipinski definition) is 1. The Morgan fingerprint density at radius 3 is 2.27 bits per heavy atom. The standard InChI is InChI=1S/C17H10Cl4N2O3/c1-6(24)22-17-14(20)12-11(13(19)15(17)21)9-4-3-8(18)5-10(9)16(12)23-26-7(2)25/h3-5H,1-2H3,(H,22,24). The van der Waals surface area contributed by atoms with E-state index in [0.717, 1.165) is 0 Å². The van der Waals surface area contributed by atoms with Crippen LogP contribution in [-0.2, 0) is 14.4 Å². The molecular formula is C17H10Cl4N2O3. The lowest BCUT2D eigenvalue weighted by atomic mass is 10.0. The fourth-order valence-electron chi connectivity index (χ4n) is 2.69. The molecule has 0 atom stereocenters. The molecule has 9 heteroatoms. The first-order chi connectivity index (χ1) is 12.2. The SMILES string of the molecule is CC(=O)Nc1c(Cl)c(Cl)c2c(c1Cl)C(=NOC(C)=O)c1cc(Cl)ccc1-2. The van der Waals surface area contributed by atoms with Crippen LogP contribution in [-0.4, -0.2) is 17.6 Å². The lowest BCUT2D eigenvalue weighted by Crippen LogP contribution is -2.10. The summed E-state index contributed by atoms with van der Waals surface area (Å²) in [6.07, 6.45) is 0. The van der Waals surface area contributed by atoms with Gasteiger partial charge < -0.3 is 10.2 Å². The maximum Gasteiger partial charge on any atom is 0.332 e. The third-order valence-corrected chi connectivity index (χ3v) is 5.10. The van der Waals surface area contributed by atoms with Gasteiger partial charge in [-0.25, -0.2) is 4.79 Å². The highest BCUT2D eigenvalue weighted by atomic mass is 35.5. The molecule has 1 aliphatic carbocycles. The van der Waals surface area contributed by atoms with E-state index in [9.17, 15) is 9.59 Å². The van der Waals surface area contributed by atoms with Crippen molar-refractivity contribution in [3.8, 4) is 11.1 Å². The number of amides is 1. The Balaban J connectivity index is 2.37. The van der Waals surface area contributed by atoms with Crippen LogP contribution in [0.15, 0.2) is 23.4 Å². The third-order valence-electron chi connectivity index (χ3n) is 3.63. The molecule has 1 aliphatic rings. The predicted molar refractivity (Wildman–Crippen MR) is 104 cm³/mol. The number of nitrogens with one attached hydrogen (secondary N) is 1. The average molecular weight is 432 g/mol. The Morgan fingerprint density at radius 1 is 0.962 bits per heavy atom. The molecule has 0 spiro atoms. The van der Waals surface area contributed by atoms with Gasteiger partial charge in [0, 0.05) is 35.6 Å². The van der Waals surface area contributed by atoms with E-state index < -0.39 is 5.97 Å². The van der Waals surface area contributed by atoms with Crippen molar-refractivity contribution in [3.63, 3.8) is 0 Å². The number of hydrogen-bond acceptors (Lipinski definition) is 4. The Kier molecular flexibility index (Phi) is 5.17. The summed E-state index contributed by atoms with van der Waals surface area (Å²) >= 11 is 25.4. The predicted octanol–water partition coefficient (Wildman–Crippen LogP) is 5.55. The van der Waals surface area contributed by atoms with Crippen LogP contribution in [0.5, 0.6) is 0 Å². The van der Waals surface area contributed by atoms with Crippen molar-refractivity contribution in [1.82, 2.24) is 0 Å². The molecule has 0 saturated heterocycles. The molecule has 134 valence electrons. The van der Waals surface area contributed by atoms with Crippen molar-refractivity contribution in [2.75, 3.05) is 5.32 Å². The van der Waals surface area contributed by atoms with Crippen LogP contribution in [0.25, 0.3) is 11.1 Å². The Bertz CT molecular complexity index is 1000. The molecule has 1 N–H and O–H groups in total. The maximum atomic E-state index is 11.5. The number of fused-ring (bicyclic) bond motifs is 3. The first-order valence-corrected chi connectivity index (χ1v) is 8.77. The summed E-state index contributed by atoms with van der Waals surface area (Å²) in [5.74, 6) is -0.977. The zero-order chi connectivity index (χ0) is 19.2. The van der Waals surface area contributed by atoms with Crippen LogP contribution in [0.1, 0.15) is 25.0 Å². The first-order valence-electron chi connectivity index (χ1n) is 7.26. The van der Waals surface area contributed by atoms with E-state index in [1.165, 1.54) is 13.8 Å². The third kappa shape index (κ3) is 3.16. The second-order valence-corrected chi connectivity index (χ2v) is 7.03. The van der Waals surface area contributed by atoms with Gasteiger partial charge in [-0.05, 0) is 17.7 Å². The van der Waals surface area contributed by atoms with Crippen molar-refractivity contribution < 1.29 is 14.4 Å². The number of nitrogens with zero attached hydrogens (tertiary/aromatic N) is 1. The van der Waals surface area contributed by atoms with Gasteiger partial charge in [0.2, 0.25) is 5.91 Å². The summed E-state index contributed by atoms with van der Waals surface area (Å²) in [6, 6.07) is 5.07. The van der Waals surface area contributed by atoms with Gasteiger partial charge in [0.25, 0.3) is 0 Å². The molecule has 1 amide bonds. The van der Waals surface area contributed by atoms with Crippen LogP contribution in [0, 0.1) is 0 Å². The summed E-state index contributed by atoms with van der Waals surface area (Å²) in [6.45, 7) is 2.54. The van der Waals surface area contributed by atoms with Crippen LogP contribution < -0.4 is 5.32 Å². The van der Waals surface area contributed by atoms with E-state index in [1.807, 2.05) is 0 Å². The minimum atomic E-state index is -0.604. The van der Waals surface area contributed by atoms with E-state index in [-0.39, 0.29) is 32.4 Å². The number of oxime groups is 1. The maximum absolute atomic E-state index is 11.5. The van der Waals surface area contributed by atoms with Gasteiger partial charge >= 0.3 is 5.97 Å². The highest BCUT2D eigenvalue weighted by Gasteiger charge is 2.34. The minimum absolute atomic E-state index is 0.0975. The highest BCUT2D eigenvalue weighted by molar-refractivity contribution is 6.51. The molecule has 26 heavy (non-hydrogen) atoms. The molecule has 0 saturated carbocycles. The zero-order valence-electron chi connectivity index (χ0n) is 13.4. The van der Waals surface area contributed by atoms with Crippen molar-refractivity contribution in [3.05, 3.63) is 49.4 Å². The van der Waals surface area contributed by atoms with E-state index in [4.69, 9.17) is 51.2 Å². The normalized spacial score (nSPS) is 13.4. The van der Waals surface area contributed by atoms with E-state index in [1.54, 1.807) is 18.2 Å². The molecule has 2 aromatic carbocycles. The minimum Gasteiger partial charge on any atom is -0.324 e. The van der Waals surface area contributed by atoms with Crippen LogP contribution in [0.3, 0.4) is 0 Å². The van der Waals surface area contributed by atoms with Crippen LogP contribution in [0.2, 0.25) is 20.1 Å². The molecule has 0 aromatic heterocycles. The monoisotopic (exact) mass is 430 g/mol. The van der Waals surface area contributed by atoms with E-state index >= 15 is 0 Å². The molecule has 0 aliphatic heterocycles. The number of benzene rings is 2. The zero-order valence-corrected chi connectivity index (χ0v) is 16.4. The topological polar surface area (TPSA) is 67.8 Å².